The van der Waals surface area contributed by atoms with Gasteiger partial charge in [-0.1, -0.05) is 0 Å². The molecule has 0 spiro atoms. The van der Waals surface area contributed by atoms with Gasteiger partial charge in [-0.3, -0.25) is 4.68 Å². The number of anilines is 2. The van der Waals surface area contributed by atoms with Gasteiger partial charge in [-0.25, -0.2) is 18.7 Å². The maximum absolute atomic E-state index is 14.4. The summed E-state index contributed by atoms with van der Waals surface area (Å²) >= 11 is 0. The molecule has 0 aliphatic rings. The summed E-state index contributed by atoms with van der Waals surface area (Å²) in [5.41, 5.74) is 0.412. The molecule has 0 aliphatic heterocycles. The van der Waals surface area contributed by atoms with Gasteiger partial charge in [0.1, 0.15) is 6.61 Å². The van der Waals surface area contributed by atoms with Crippen molar-refractivity contribution in [3.8, 4) is 17.2 Å². The van der Waals surface area contributed by atoms with E-state index in [1.807, 2.05) is 13.2 Å². The Morgan fingerprint density at radius 2 is 1.70 bits per heavy atom. The van der Waals surface area contributed by atoms with E-state index in [2.05, 4.69) is 25.7 Å². The van der Waals surface area contributed by atoms with Crippen LogP contribution in [0.15, 0.2) is 30.9 Å². The number of nitrogens with one attached hydrogen (secondary N) is 2. The molecule has 0 atom stereocenters. The maximum atomic E-state index is 14.4. The van der Waals surface area contributed by atoms with E-state index in [4.69, 9.17) is 14.2 Å². The zero-order valence-corrected chi connectivity index (χ0v) is 16.8. The lowest BCUT2D eigenvalue weighted by atomic mass is 10.1. The Balaban J connectivity index is 1.65. The molecule has 2 heterocycles. The fourth-order valence-corrected chi connectivity index (χ4v) is 2.58. The van der Waals surface area contributed by atoms with Crippen LogP contribution in [0.1, 0.15) is 5.56 Å². The zero-order chi connectivity index (χ0) is 21.5. The van der Waals surface area contributed by atoms with Crippen LogP contribution in [0.2, 0.25) is 0 Å². The smallest absolute Gasteiger partial charge is 0.227 e. The molecule has 2 aromatic heterocycles. The van der Waals surface area contributed by atoms with Gasteiger partial charge in [0.15, 0.2) is 28.9 Å². The van der Waals surface area contributed by atoms with E-state index in [-0.39, 0.29) is 29.4 Å². The van der Waals surface area contributed by atoms with E-state index in [1.54, 1.807) is 10.9 Å². The van der Waals surface area contributed by atoms with Crippen molar-refractivity contribution in [2.45, 2.75) is 13.2 Å². The third kappa shape index (κ3) is 4.92. The monoisotopic (exact) mass is 420 g/mol. The van der Waals surface area contributed by atoms with E-state index in [1.165, 1.54) is 26.6 Å². The molecule has 3 aromatic rings. The number of aromatic nitrogens is 4. The summed E-state index contributed by atoms with van der Waals surface area (Å²) in [5.74, 6) is -1.42. The van der Waals surface area contributed by atoms with Crippen molar-refractivity contribution < 1.29 is 23.0 Å². The van der Waals surface area contributed by atoms with Gasteiger partial charge in [0.05, 0.1) is 50.6 Å². The second-order valence-corrected chi connectivity index (χ2v) is 6.14. The van der Waals surface area contributed by atoms with Crippen molar-refractivity contribution in [3.05, 3.63) is 48.1 Å². The average Bonchev–Trinajstić information content (AvgIpc) is 3.20. The van der Waals surface area contributed by atoms with E-state index in [0.717, 1.165) is 24.8 Å². The average molecular weight is 420 g/mol. The fraction of sp³-hybridized carbons (Fsp3) is 0.316. The zero-order valence-electron chi connectivity index (χ0n) is 16.8. The number of benzene rings is 1. The first kappa shape index (κ1) is 21.2. The van der Waals surface area contributed by atoms with Gasteiger partial charge in [0.25, 0.3) is 0 Å². The van der Waals surface area contributed by atoms with Gasteiger partial charge in [-0.15, -0.1) is 0 Å². The van der Waals surface area contributed by atoms with Crippen molar-refractivity contribution in [2.75, 3.05) is 33.1 Å². The molecule has 3 rings (SSSR count). The van der Waals surface area contributed by atoms with E-state index in [9.17, 15) is 8.78 Å². The number of ether oxygens (including phenoxy) is 3. The van der Waals surface area contributed by atoms with Crippen LogP contribution >= 0.6 is 0 Å². The summed E-state index contributed by atoms with van der Waals surface area (Å²) in [6, 6.07) is 1.14. The number of likely N-dealkylation sites (N-methyl/N-ethyl adjacent to an activating group) is 1. The minimum atomic E-state index is -0.856. The third-order valence-electron chi connectivity index (χ3n) is 4.16. The number of hydrogen-bond donors (Lipinski definition) is 2. The lowest BCUT2D eigenvalue weighted by molar-refractivity contribution is 0.280. The van der Waals surface area contributed by atoms with Crippen molar-refractivity contribution in [1.29, 1.82) is 0 Å². The van der Waals surface area contributed by atoms with Gasteiger partial charge < -0.3 is 24.8 Å². The Morgan fingerprint density at radius 1 is 1.03 bits per heavy atom. The van der Waals surface area contributed by atoms with Crippen molar-refractivity contribution in [1.82, 2.24) is 25.1 Å². The molecule has 0 radical (unpaired) electrons. The number of nitrogens with zero attached hydrogens (tertiary/aromatic N) is 4. The predicted octanol–water partition coefficient (Wildman–Crippen LogP) is 2.51. The Morgan fingerprint density at radius 3 is 2.30 bits per heavy atom. The first-order valence-corrected chi connectivity index (χ1v) is 9.03. The SMILES string of the molecule is CNCCn1cc(Nc2ncc(OCc3c(F)c(OC)cc(OC)c3F)cn2)cn1. The summed E-state index contributed by atoms with van der Waals surface area (Å²) in [5, 5.41) is 10.3. The van der Waals surface area contributed by atoms with Crippen LogP contribution < -0.4 is 24.8 Å². The van der Waals surface area contributed by atoms with Crippen LogP contribution in [0.4, 0.5) is 20.4 Å². The number of methoxy groups -OCH3 is 2. The van der Waals surface area contributed by atoms with Crippen molar-refractivity contribution in [2.24, 2.45) is 0 Å². The summed E-state index contributed by atoms with van der Waals surface area (Å²) in [7, 11) is 4.43. The molecular formula is C19H22F2N6O3. The summed E-state index contributed by atoms with van der Waals surface area (Å²) in [6.07, 6.45) is 6.28. The van der Waals surface area contributed by atoms with E-state index >= 15 is 0 Å². The van der Waals surface area contributed by atoms with Gasteiger partial charge in [0, 0.05) is 18.8 Å². The number of hydrogen-bond acceptors (Lipinski definition) is 8. The lowest BCUT2D eigenvalue weighted by Crippen LogP contribution is -2.14. The Labute approximate surface area is 172 Å². The van der Waals surface area contributed by atoms with Gasteiger partial charge in [-0.2, -0.15) is 5.10 Å². The summed E-state index contributed by atoms with van der Waals surface area (Å²) in [4.78, 5) is 8.27. The molecule has 11 heteroatoms. The standard InChI is InChI=1S/C19H22F2N6O3/c1-22-4-5-27-10-12(7-25-27)26-19-23-8-13(9-24-19)30-11-14-17(20)15(28-2)6-16(29-3)18(14)21/h6-10,22H,4-5,11H2,1-3H3,(H,23,24,26). The summed E-state index contributed by atoms with van der Waals surface area (Å²) < 4.78 is 45.8. The maximum Gasteiger partial charge on any atom is 0.227 e. The minimum Gasteiger partial charge on any atom is -0.494 e. The minimum absolute atomic E-state index is 0.141. The summed E-state index contributed by atoms with van der Waals surface area (Å²) in [6.45, 7) is 1.14. The topological polar surface area (TPSA) is 95.4 Å². The van der Waals surface area contributed by atoms with Crippen LogP contribution in [0.5, 0.6) is 17.2 Å². The molecule has 0 aliphatic carbocycles. The van der Waals surface area contributed by atoms with Crippen LogP contribution in [-0.4, -0.2) is 47.6 Å². The first-order chi connectivity index (χ1) is 14.5. The molecule has 0 saturated heterocycles. The highest BCUT2D eigenvalue weighted by molar-refractivity contribution is 5.50. The van der Waals surface area contributed by atoms with Crippen LogP contribution in [0.3, 0.4) is 0 Å². The highest BCUT2D eigenvalue weighted by atomic mass is 19.1. The van der Waals surface area contributed by atoms with Crippen molar-refractivity contribution >= 4 is 11.6 Å². The molecule has 0 bridgehead atoms. The van der Waals surface area contributed by atoms with Gasteiger partial charge >= 0.3 is 0 Å². The van der Waals surface area contributed by atoms with Crippen LogP contribution in [0.25, 0.3) is 0 Å². The molecule has 30 heavy (non-hydrogen) atoms. The molecule has 9 nitrogen and oxygen atoms in total. The molecule has 1 aromatic carbocycles. The van der Waals surface area contributed by atoms with Gasteiger partial charge in [0.2, 0.25) is 5.95 Å². The normalized spacial score (nSPS) is 10.7. The van der Waals surface area contributed by atoms with E-state index in [0.29, 0.717) is 5.95 Å². The highest BCUT2D eigenvalue weighted by Gasteiger charge is 2.20. The number of halogens is 2. The van der Waals surface area contributed by atoms with Crippen LogP contribution in [0, 0.1) is 11.6 Å². The van der Waals surface area contributed by atoms with E-state index < -0.39 is 11.6 Å². The molecule has 0 fully saturated rings. The first-order valence-electron chi connectivity index (χ1n) is 9.03. The molecule has 2 N–H and O–H groups in total. The fourth-order valence-electron chi connectivity index (χ4n) is 2.58. The largest absolute Gasteiger partial charge is 0.494 e. The Bertz CT molecular complexity index is 953. The van der Waals surface area contributed by atoms with Crippen molar-refractivity contribution in [3.63, 3.8) is 0 Å². The van der Waals surface area contributed by atoms with Crippen LogP contribution in [-0.2, 0) is 13.2 Å². The molecular weight excluding hydrogens is 398 g/mol. The second-order valence-electron chi connectivity index (χ2n) is 6.14. The van der Waals surface area contributed by atoms with Gasteiger partial charge in [-0.05, 0) is 7.05 Å². The molecule has 0 saturated carbocycles. The molecule has 160 valence electrons. The third-order valence-corrected chi connectivity index (χ3v) is 4.16. The second kappa shape index (κ2) is 9.83. The Hall–Kier alpha value is -3.47. The molecule has 0 amide bonds. The predicted molar refractivity (Wildman–Crippen MR) is 105 cm³/mol. The Kier molecular flexibility index (Phi) is 6.96. The lowest BCUT2D eigenvalue weighted by Gasteiger charge is -2.13. The quantitative estimate of drug-likeness (QED) is 0.517. The molecule has 0 unspecified atom stereocenters. The highest BCUT2D eigenvalue weighted by Crippen LogP contribution is 2.31. The number of rotatable bonds is 10.